The molecule has 2 aromatic rings. The lowest BCUT2D eigenvalue weighted by molar-refractivity contribution is 0.394. The maximum atomic E-state index is 4.99. The summed E-state index contributed by atoms with van der Waals surface area (Å²) in [6, 6.07) is 6.37. The molecule has 3 heteroatoms. The highest BCUT2D eigenvalue weighted by Gasteiger charge is 2.07. The summed E-state index contributed by atoms with van der Waals surface area (Å²) in [5.74, 6) is 1.28. The van der Waals surface area contributed by atoms with E-state index in [1.807, 2.05) is 0 Å². The second-order valence-electron chi connectivity index (χ2n) is 3.83. The van der Waals surface area contributed by atoms with Crippen molar-refractivity contribution < 1.29 is 4.52 Å². The van der Waals surface area contributed by atoms with Crippen LogP contribution in [-0.4, -0.2) is 10.1 Å². The molecule has 0 aliphatic rings. The predicted octanol–water partition coefficient (Wildman–Crippen LogP) is 3.17. The molecule has 0 aliphatic heterocycles. The molecule has 3 nitrogen and oxygen atoms in total. The van der Waals surface area contributed by atoms with Crippen molar-refractivity contribution >= 4 is 0 Å². The lowest BCUT2D eigenvalue weighted by Crippen LogP contribution is -1.92. The van der Waals surface area contributed by atoms with E-state index in [1.165, 1.54) is 11.1 Å². The van der Waals surface area contributed by atoms with E-state index in [4.69, 9.17) is 4.52 Å². The summed E-state index contributed by atoms with van der Waals surface area (Å²) in [5, 5.41) is 3.93. The molecular formula is C13H16N2O. The molecule has 0 radical (unpaired) electrons. The molecule has 16 heavy (non-hydrogen) atoms. The minimum absolute atomic E-state index is 0.604. The molecule has 0 saturated heterocycles. The Bertz CT molecular complexity index is 488. The van der Waals surface area contributed by atoms with Gasteiger partial charge >= 0.3 is 0 Å². The number of nitrogens with zero attached hydrogens (tertiary/aromatic N) is 2. The van der Waals surface area contributed by atoms with Crippen LogP contribution < -0.4 is 0 Å². The number of aromatic nitrogens is 2. The third-order valence-electron chi connectivity index (χ3n) is 2.75. The van der Waals surface area contributed by atoms with E-state index in [9.17, 15) is 0 Å². The molecule has 0 aliphatic carbocycles. The fraction of sp³-hybridized carbons (Fsp3) is 0.385. The van der Waals surface area contributed by atoms with Crippen molar-refractivity contribution in [2.45, 2.75) is 33.6 Å². The molecule has 0 N–H and O–H groups in total. The zero-order valence-electron chi connectivity index (χ0n) is 9.95. The van der Waals surface area contributed by atoms with E-state index in [0.717, 1.165) is 18.4 Å². The average molecular weight is 216 g/mol. The van der Waals surface area contributed by atoms with Gasteiger partial charge in [-0.1, -0.05) is 31.1 Å². The number of hydrogen-bond donors (Lipinski definition) is 0. The second kappa shape index (κ2) is 4.47. The van der Waals surface area contributed by atoms with Gasteiger partial charge in [-0.3, -0.25) is 0 Å². The van der Waals surface area contributed by atoms with Gasteiger partial charge in [0, 0.05) is 12.5 Å². The Labute approximate surface area is 95.5 Å². The van der Waals surface area contributed by atoms with Gasteiger partial charge in [0.1, 0.15) is 0 Å². The van der Waals surface area contributed by atoms with E-state index in [0.29, 0.717) is 11.7 Å². The summed E-state index contributed by atoms with van der Waals surface area (Å²) < 4.78 is 4.99. The normalized spacial score (nSPS) is 10.7. The lowest BCUT2D eigenvalue weighted by atomic mass is 10.00. The Morgan fingerprint density at radius 3 is 2.44 bits per heavy atom. The van der Waals surface area contributed by atoms with Crippen molar-refractivity contribution in [2.75, 3.05) is 0 Å². The van der Waals surface area contributed by atoms with Gasteiger partial charge in [-0.25, -0.2) is 0 Å². The van der Waals surface area contributed by atoms with E-state index < -0.39 is 0 Å². The van der Waals surface area contributed by atoms with Crippen molar-refractivity contribution in [3.8, 4) is 11.4 Å². The predicted molar refractivity (Wildman–Crippen MR) is 63.2 cm³/mol. The van der Waals surface area contributed by atoms with Gasteiger partial charge in [-0.15, -0.1) is 0 Å². The highest BCUT2D eigenvalue weighted by atomic mass is 16.5. The van der Waals surface area contributed by atoms with Gasteiger partial charge in [0.25, 0.3) is 0 Å². The minimum Gasteiger partial charge on any atom is -0.339 e. The first-order valence-corrected chi connectivity index (χ1v) is 5.67. The summed E-state index contributed by atoms with van der Waals surface area (Å²) in [6.45, 7) is 6.14. The Morgan fingerprint density at radius 1 is 1.12 bits per heavy atom. The lowest BCUT2D eigenvalue weighted by Gasteiger charge is -2.06. The Hall–Kier alpha value is -1.64. The zero-order chi connectivity index (χ0) is 11.5. The fourth-order valence-electron chi connectivity index (χ4n) is 1.86. The van der Waals surface area contributed by atoms with Crippen LogP contribution in [0.5, 0.6) is 0 Å². The van der Waals surface area contributed by atoms with E-state index in [-0.39, 0.29) is 0 Å². The van der Waals surface area contributed by atoms with Crippen LogP contribution in [0.15, 0.2) is 22.7 Å². The molecule has 84 valence electrons. The van der Waals surface area contributed by atoms with Gasteiger partial charge in [-0.2, -0.15) is 4.98 Å². The van der Waals surface area contributed by atoms with Gasteiger partial charge in [0.05, 0.1) is 0 Å². The topological polar surface area (TPSA) is 38.9 Å². The quantitative estimate of drug-likeness (QED) is 0.791. The Balaban J connectivity index is 2.43. The molecule has 0 atom stereocenters. The molecule has 0 bridgehead atoms. The van der Waals surface area contributed by atoms with Crippen molar-refractivity contribution in [3.63, 3.8) is 0 Å². The van der Waals surface area contributed by atoms with Crippen molar-refractivity contribution in [3.05, 3.63) is 35.2 Å². The SMILES string of the molecule is CCc1ccc(-c2noc(C)n2)cc1CC. The maximum Gasteiger partial charge on any atom is 0.223 e. The molecule has 0 spiro atoms. The van der Waals surface area contributed by atoms with Crippen LogP contribution in [0.1, 0.15) is 30.9 Å². The number of rotatable bonds is 3. The van der Waals surface area contributed by atoms with E-state index in [2.05, 4.69) is 42.2 Å². The van der Waals surface area contributed by atoms with Gasteiger partial charge in [0.15, 0.2) is 0 Å². The Morgan fingerprint density at radius 2 is 1.88 bits per heavy atom. The molecule has 1 heterocycles. The van der Waals surface area contributed by atoms with Crippen LogP contribution in [0, 0.1) is 6.92 Å². The van der Waals surface area contributed by atoms with Crippen LogP contribution in [0.4, 0.5) is 0 Å². The van der Waals surface area contributed by atoms with Crippen molar-refractivity contribution in [1.29, 1.82) is 0 Å². The summed E-state index contributed by atoms with van der Waals surface area (Å²) in [7, 11) is 0. The van der Waals surface area contributed by atoms with E-state index >= 15 is 0 Å². The summed E-state index contributed by atoms with van der Waals surface area (Å²) in [5.41, 5.74) is 3.79. The monoisotopic (exact) mass is 216 g/mol. The highest BCUT2D eigenvalue weighted by Crippen LogP contribution is 2.21. The van der Waals surface area contributed by atoms with Crippen LogP contribution in [-0.2, 0) is 12.8 Å². The summed E-state index contributed by atoms with van der Waals surface area (Å²) >= 11 is 0. The van der Waals surface area contributed by atoms with Crippen LogP contribution in [0.3, 0.4) is 0 Å². The smallest absolute Gasteiger partial charge is 0.223 e. The van der Waals surface area contributed by atoms with Gasteiger partial charge in [0.2, 0.25) is 11.7 Å². The second-order valence-corrected chi connectivity index (χ2v) is 3.83. The van der Waals surface area contributed by atoms with Gasteiger partial charge in [-0.05, 0) is 30.0 Å². The molecule has 0 fully saturated rings. The zero-order valence-corrected chi connectivity index (χ0v) is 9.95. The molecule has 2 rings (SSSR count). The average Bonchev–Trinajstić information content (AvgIpc) is 2.75. The first kappa shape index (κ1) is 10.9. The molecular weight excluding hydrogens is 200 g/mol. The van der Waals surface area contributed by atoms with Crippen molar-refractivity contribution in [1.82, 2.24) is 10.1 Å². The third-order valence-corrected chi connectivity index (χ3v) is 2.75. The van der Waals surface area contributed by atoms with Crippen LogP contribution in [0.2, 0.25) is 0 Å². The fourth-order valence-corrected chi connectivity index (χ4v) is 1.86. The Kier molecular flexibility index (Phi) is 3.04. The first-order chi connectivity index (χ1) is 7.74. The highest BCUT2D eigenvalue weighted by molar-refractivity contribution is 5.57. The molecule has 1 aromatic heterocycles. The standard InChI is InChI=1S/C13H16N2O/c1-4-10-6-7-12(8-11(10)5-2)13-14-9(3)16-15-13/h6-8H,4-5H2,1-3H3. The largest absolute Gasteiger partial charge is 0.339 e. The van der Waals surface area contributed by atoms with Gasteiger partial charge < -0.3 is 4.52 Å². The molecule has 1 aromatic carbocycles. The van der Waals surface area contributed by atoms with E-state index in [1.54, 1.807) is 6.92 Å². The number of hydrogen-bond acceptors (Lipinski definition) is 3. The maximum absolute atomic E-state index is 4.99. The van der Waals surface area contributed by atoms with Crippen molar-refractivity contribution in [2.24, 2.45) is 0 Å². The number of benzene rings is 1. The van der Waals surface area contributed by atoms with Crippen LogP contribution in [0.25, 0.3) is 11.4 Å². The van der Waals surface area contributed by atoms with Crippen LogP contribution >= 0.6 is 0 Å². The summed E-state index contributed by atoms with van der Waals surface area (Å²) in [4.78, 5) is 4.23. The minimum atomic E-state index is 0.604. The molecule has 0 saturated carbocycles. The molecule has 0 amide bonds. The summed E-state index contributed by atoms with van der Waals surface area (Å²) in [6.07, 6.45) is 2.10. The molecule has 0 unspecified atom stereocenters. The first-order valence-electron chi connectivity index (χ1n) is 5.67. The number of aryl methyl sites for hydroxylation is 3. The third kappa shape index (κ3) is 1.98.